The lowest BCUT2D eigenvalue weighted by Gasteiger charge is -2.11. The molecule has 2 nitrogen and oxygen atoms in total. The molecule has 0 aliphatic carbocycles. The van der Waals surface area contributed by atoms with Gasteiger partial charge in [0.1, 0.15) is 5.75 Å². The normalized spacial score (nSPS) is 10.1. The number of benzene rings is 2. The van der Waals surface area contributed by atoms with Gasteiger partial charge in [-0.2, -0.15) is 0 Å². The first-order valence-corrected chi connectivity index (χ1v) is 6.28. The van der Waals surface area contributed by atoms with E-state index in [1.807, 2.05) is 18.2 Å². The van der Waals surface area contributed by atoms with Crippen LogP contribution in [0, 0.1) is 0 Å². The summed E-state index contributed by atoms with van der Waals surface area (Å²) in [6.07, 6.45) is 1.07. The third-order valence-electron chi connectivity index (χ3n) is 3.05. The first kappa shape index (κ1) is 12.5. The average molecular weight is 241 g/mol. The molecule has 0 saturated heterocycles. The highest BCUT2D eigenvalue weighted by molar-refractivity contribution is 5.48. The summed E-state index contributed by atoms with van der Waals surface area (Å²) >= 11 is 0. The van der Waals surface area contributed by atoms with Crippen LogP contribution in [0.3, 0.4) is 0 Å². The number of anilines is 1. The lowest BCUT2D eigenvalue weighted by molar-refractivity contribution is 0.415. The molecule has 0 aliphatic rings. The first-order chi connectivity index (χ1) is 8.83. The molecule has 0 atom stereocenters. The predicted octanol–water partition coefficient (Wildman–Crippen LogP) is 3.87. The fourth-order valence-electron chi connectivity index (χ4n) is 2.01. The van der Waals surface area contributed by atoms with E-state index >= 15 is 0 Å². The van der Waals surface area contributed by atoms with Crippen LogP contribution in [0.5, 0.6) is 5.75 Å². The van der Waals surface area contributed by atoms with Crippen molar-refractivity contribution in [1.29, 1.82) is 0 Å². The highest BCUT2D eigenvalue weighted by atomic mass is 16.5. The Hall–Kier alpha value is -1.96. The molecule has 0 aliphatic heterocycles. The minimum atomic E-state index is 0.844. The van der Waals surface area contributed by atoms with Gasteiger partial charge in [0.2, 0.25) is 0 Å². The monoisotopic (exact) mass is 241 g/mol. The van der Waals surface area contributed by atoms with Gasteiger partial charge in [0.05, 0.1) is 7.11 Å². The van der Waals surface area contributed by atoms with Gasteiger partial charge in [-0.1, -0.05) is 37.3 Å². The summed E-state index contributed by atoms with van der Waals surface area (Å²) in [5.41, 5.74) is 3.83. The molecule has 0 fully saturated rings. The summed E-state index contributed by atoms with van der Waals surface area (Å²) in [6.45, 7) is 3.03. The van der Waals surface area contributed by atoms with E-state index in [-0.39, 0.29) is 0 Å². The van der Waals surface area contributed by atoms with Crippen molar-refractivity contribution in [3.8, 4) is 5.75 Å². The van der Waals surface area contributed by atoms with Gasteiger partial charge in [0.25, 0.3) is 0 Å². The Morgan fingerprint density at radius 3 is 2.50 bits per heavy atom. The van der Waals surface area contributed by atoms with E-state index in [0.717, 1.165) is 24.4 Å². The van der Waals surface area contributed by atoms with Crippen LogP contribution in [0.15, 0.2) is 48.5 Å². The second-order valence-electron chi connectivity index (χ2n) is 4.21. The maximum atomic E-state index is 5.21. The van der Waals surface area contributed by atoms with E-state index in [0.29, 0.717) is 0 Å². The second kappa shape index (κ2) is 6.10. The molecule has 0 aromatic heterocycles. The van der Waals surface area contributed by atoms with Gasteiger partial charge in [0.15, 0.2) is 0 Å². The van der Waals surface area contributed by atoms with Crippen molar-refractivity contribution in [2.75, 3.05) is 12.4 Å². The SMILES string of the molecule is CCc1ccccc1CNc1cccc(OC)c1. The molecule has 0 heterocycles. The van der Waals surface area contributed by atoms with Gasteiger partial charge in [-0.25, -0.2) is 0 Å². The van der Waals surface area contributed by atoms with Crippen LogP contribution in [-0.2, 0) is 13.0 Å². The van der Waals surface area contributed by atoms with Crippen molar-refractivity contribution in [2.45, 2.75) is 19.9 Å². The standard InChI is InChI=1S/C16H19NO/c1-3-13-7-4-5-8-14(13)12-17-15-9-6-10-16(11-15)18-2/h4-11,17H,3,12H2,1-2H3. The number of hydrogen-bond acceptors (Lipinski definition) is 2. The van der Waals surface area contributed by atoms with Crippen molar-refractivity contribution >= 4 is 5.69 Å². The third-order valence-corrected chi connectivity index (χ3v) is 3.05. The van der Waals surface area contributed by atoms with Crippen LogP contribution in [0.4, 0.5) is 5.69 Å². The van der Waals surface area contributed by atoms with Crippen LogP contribution < -0.4 is 10.1 Å². The largest absolute Gasteiger partial charge is 0.497 e. The Morgan fingerprint density at radius 1 is 1.00 bits per heavy atom. The molecule has 0 amide bonds. The third kappa shape index (κ3) is 3.04. The molecule has 94 valence electrons. The van der Waals surface area contributed by atoms with Crippen molar-refractivity contribution < 1.29 is 4.74 Å². The summed E-state index contributed by atoms with van der Waals surface area (Å²) in [4.78, 5) is 0. The second-order valence-corrected chi connectivity index (χ2v) is 4.21. The Labute approximate surface area is 109 Å². The molecule has 0 radical (unpaired) electrons. The van der Waals surface area contributed by atoms with Gasteiger partial charge >= 0.3 is 0 Å². The molecule has 1 N–H and O–H groups in total. The highest BCUT2D eigenvalue weighted by Gasteiger charge is 2.00. The number of nitrogens with one attached hydrogen (secondary N) is 1. The minimum absolute atomic E-state index is 0.844. The highest BCUT2D eigenvalue weighted by Crippen LogP contribution is 2.18. The average Bonchev–Trinajstić information content (AvgIpc) is 2.45. The number of methoxy groups -OCH3 is 1. The zero-order valence-corrected chi connectivity index (χ0v) is 10.9. The van der Waals surface area contributed by atoms with E-state index in [1.165, 1.54) is 11.1 Å². The molecular weight excluding hydrogens is 222 g/mol. The zero-order valence-electron chi connectivity index (χ0n) is 10.9. The number of rotatable bonds is 5. The number of hydrogen-bond donors (Lipinski definition) is 1. The van der Waals surface area contributed by atoms with Gasteiger partial charge in [-0.05, 0) is 29.7 Å². The quantitative estimate of drug-likeness (QED) is 0.858. The molecule has 2 aromatic rings. The Bertz CT molecular complexity index is 508. The smallest absolute Gasteiger partial charge is 0.120 e. The molecular formula is C16H19NO. The van der Waals surface area contributed by atoms with E-state index in [2.05, 4.69) is 42.6 Å². The molecule has 0 spiro atoms. The fourth-order valence-corrected chi connectivity index (χ4v) is 2.01. The Balaban J connectivity index is 2.06. The zero-order chi connectivity index (χ0) is 12.8. The van der Waals surface area contributed by atoms with E-state index < -0.39 is 0 Å². The number of aryl methyl sites for hydroxylation is 1. The predicted molar refractivity (Wildman–Crippen MR) is 76.1 cm³/mol. The fraction of sp³-hybridized carbons (Fsp3) is 0.250. The van der Waals surface area contributed by atoms with Crippen LogP contribution in [0.1, 0.15) is 18.1 Å². The van der Waals surface area contributed by atoms with Crippen LogP contribution in [0.25, 0.3) is 0 Å². The van der Waals surface area contributed by atoms with Crippen LogP contribution >= 0.6 is 0 Å². The summed E-state index contributed by atoms with van der Waals surface area (Å²) in [7, 11) is 1.69. The van der Waals surface area contributed by atoms with Gasteiger partial charge in [-0.15, -0.1) is 0 Å². The lowest BCUT2D eigenvalue weighted by atomic mass is 10.1. The van der Waals surface area contributed by atoms with Crippen LogP contribution in [-0.4, -0.2) is 7.11 Å². The first-order valence-electron chi connectivity index (χ1n) is 6.28. The molecule has 2 aromatic carbocycles. The summed E-state index contributed by atoms with van der Waals surface area (Å²) in [5, 5.41) is 3.43. The molecule has 0 unspecified atom stereocenters. The maximum Gasteiger partial charge on any atom is 0.120 e. The van der Waals surface area contributed by atoms with Crippen molar-refractivity contribution in [3.05, 3.63) is 59.7 Å². The van der Waals surface area contributed by atoms with E-state index in [4.69, 9.17) is 4.74 Å². The van der Waals surface area contributed by atoms with Crippen molar-refractivity contribution in [1.82, 2.24) is 0 Å². The maximum absolute atomic E-state index is 5.21. The van der Waals surface area contributed by atoms with Crippen molar-refractivity contribution in [3.63, 3.8) is 0 Å². The van der Waals surface area contributed by atoms with Crippen LogP contribution in [0.2, 0.25) is 0 Å². The van der Waals surface area contributed by atoms with Gasteiger partial charge in [0, 0.05) is 18.3 Å². The van der Waals surface area contributed by atoms with E-state index in [1.54, 1.807) is 7.11 Å². The minimum Gasteiger partial charge on any atom is -0.497 e. The lowest BCUT2D eigenvalue weighted by Crippen LogP contribution is -2.02. The topological polar surface area (TPSA) is 21.3 Å². The van der Waals surface area contributed by atoms with Gasteiger partial charge < -0.3 is 10.1 Å². The van der Waals surface area contributed by atoms with Crippen molar-refractivity contribution in [2.24, 2.45) is 0 Å². The Morgan fingerprint density at radius 2 is 1.78 bits per heavy atom. The molecule has 0 saturated carbocycles. The molecule has 0 bridgehead atoms. The molecule has 2 heteroatoms. The van der Waals surface area contributed by atoms with Gasteiger partial charge in [-0.3, -0.25) is 0 Å². The summed E-state index contributed by atoms with van der Waals surface area (Å²) in [5.74, 6) is 0.878. The summed E-state index contributed by atoms with van der Waals surface area (Å²) < 4.78 is 5.21. The molecule has 18 heavy (non-hydrogen) atoms. The van der Waals surface area contributed by atoms with E-state index in [9.17, 15) is 0 Å². The number of ether oxygens (including phenoxy) is 1. The molecule has 2 rings (SSSR count). The summed E-state index contributed by atoms with van der Waals surface area (Å²) in [6, 6.07) is 16.5. The Kier molecular flexibility index (Phi) is 4.24.